The predicted octanol–water partition coefficient (Wildman–Crippen LogP) is 3.75. The fourth-order valence-electron chi connectivity index (χ4n) is 2.80. The van der Waals surface area contributed by atoms with Gasteiger partial charge in [0.1, 0.15) is 17.6 Å². The van der Waals surface area contributed by atoms with Gasteiger partial charge in [0.2, 0.25) is 5.91 Å². The minimum absolute atomic E-state index is 0.176. The monoisotopic (exact) mass is 450 g/mol. The van der Waals surface area contributed by atoms with Crippen LogP contribution in [0.4, 0.5) is 4.39 Å². The van der Waals surface area contributed by atoms with E-state index in [-0.39, 0.29) is 30.8 Å². The lowest BCUT2D eigenvalue weighted by Crippen LogP contribution is -2.48. The first-order valence-electron chi connectivity index (χ1n) is 8.88. The van der Waals surface area contributed by atoms with E-state index in [1.165, 1.54) is 24.1 Å². The van der Waals surface area contributed by atoms with E-state index in [4.69, 9.17) is 4.74 Å². The third kappa shape index (κ3) is 5.55. The molecule has 7 heteroatoms. The highest BCUT2D eigenvalue weighted by Gasteiger charge is 2.26. The Morgan fingerprint density at radius 1 is 1.18 bits per heavy atom. The summed E-state index contributed by atoms with van der Waals surface area (Å²) in [5.74, 6) is -0.393. The molecule has 0 heterocycles. The number of ether oxygens (including phenoxy) is 1. The third-order valence-electron chi connectivity index (χ3n) is 4.45. The number of nitrogens with one attached hydrogen (secondary N) is 1. The number of hydrogen-bond donors (Lipinski definition) is 1. The number of amides is 2. The van der Waals surface area contributed by atoms with Crippen LogP contribution in [0.1, 0.15) is 23.6 Å². The fraction of sp³-hybridized carbons (Fsp3) is 0.333. The van der Waals surface area contributed by atoms with E-state index in [9.17, 15) is 14.0 Å². The van der Waals surface area contributed by atoms with Crippen molar-refractivity contribution < 1.29 is 18.7 Å². The highest BCUT2D eigenvalue weighted by Crippen LogP contribution is 2.26. The second-order valence-electron chi connectivity index (χ2n) is 6.60. The Morgan fingerprint density at radius 2 is 1.75 bits per heavy atom. The number of likely N-dealkylation sites (N-methyl/N-ethyl adjacent to an activating group) is 1. The summed E-state index contributed by atoms with van der Waals surface area (Å²) in [6, 6.07) is 8.83. The summed E-state index contributed by atoms with van der Waals surface area (Å²) < 4.78 is 19.8. The molecule has 0 aliphatic rings. The topological polar surface area (TPSA) is 58.6 Å². The van der Waals surface area contributed by atoms with Gasteiger partial charge in [-0.15, -0.1) is 0 Å². The van der Waals surface area contributed by atoms with Gasteiger partial charge in [0.25, 0.3) is 5.91 Å². The zero-order valence-corrected chi connectivity index (χ0v) is 18.0. The van der Waals surface area contributed by atoms with Crippen LogP contribution in [-0.4, -0.2) is 36.4 Å². The van der Waals surface area contributed by atoms with Crippen LogP contribution in [0.25, 0.3) is 0 Å². The van der Waals surface area contributed by atoms with Gasteiger partial charge in [0, 0.05) is 18.1 Å². The number of nitrogens with zero attached hydrogens (tertiary/aromatic N) is 1. The number of hydrogen-bond acceptors (Lipinski definition) is 3. The summed E-state index contributed by atoms with van der Waals surface area (Å²) in [5, 5.41) is 2.55. The maximum atomic E-state index is 13.2. The molecule has 0 aliphatic carbocycles. The first-order valence-corrected chi connectivity index (χ1v) is 9.67. The lowest BCUT2D eigenvalue weighted by molar-refractivity contribution is -0.142. The summed E-state index contributed by atoms with van der Waals surface area (Å²) in [6.07, 6.45) is 0. The predicted molar refractivity (Wildman–Crippen MR) is 110 cm³/mol. The van der Waals surface area contributed by atoms with Crippen LogP contribution < -0.4 is 10.1 Å². The van der Waals surface area contributed by atoms with Gasteiger partial charge >= 0.3 is 0 Å². The highest BCUT2D eigenvalue weighted by atomic mass is 79.9. The molecule has 1 N–H and O–H groups in total. The van der Waals surface area contributed by atoms with Gasteiger partial charge in [0.15, 0.2) is 6.61 Å². The Hall–Kier alpha value is -2.41. The van der Waals surface area contributed by atoms with E-state index in [2.05, 4.69) is 21.2 Å². The van der Waals surface area contributed by atoms with Crippen molar-refractivity contribution in [1.82, 2.24) is 10.2 Å². The standard InChI is InChI=1S/C21H24BrFN2O3/c1-13-9-18(10-14(2)20(13)22)28-12-19(26)25(15(3)21(27)24-4)11-16-5-7-17(23)8-6-16/h5-10,15H,11-12H2,1-4H3,(H,24,27)/t15-/m1/s1. The van der Waals surface area contributed by atoms with Gasteiger partial charge in [-0.1, -0.05) is 28.1 Å². The molecule has 0 aromatic heterocycles. The Morgan fingerprint density at radius 3 is 2.29 bits per heavy atom. The van der Waals surface area contributed by atoms with Gasteiger partial charge in [0.05, 0.1) is 0 Å². The van der Waals surface area contributed by atoms with Gasteiger partial charge in [-0.05, 0) is 61.7 Å². The number of halogens is 2. The van der Waals surface area contributed by atoms with Gasteiger partial charge in [-0.3, -0.25) is 9.59 Å². The average molecular weight is 451 g/mol. The van der Waals surface area contributed by atoms with E-state index in [0.717, 1.165) is 21.2 Å². The smallest absolute Gasteiger partial charge is 0.261 e. The molecule has 0 unspecified atom stereocenters. The lowest BCUT2D eigenvalue weighted by Gasteiger charge is -2.28. The number of benzene rings is 2. The van der Waals surface area contributed by atoms with Crippen molar-refractivity contribution in [2.75, 3.05) is 13.7 Å². The molecule has 0 bridgehead atoms. The molecular weight excluding hydrogens is 427 g/mol. The van der Waals surface area contributed by atoms with Crippen molar-refractivity contribution in [3.05, 3.63) is 63.4 Å². The number of carbonyl (C=O) groups excluding carboxylic acids is 2. The van der Waals surface area contributed by atoms with Crippen LogP contribution in [0.5, 0.6) is 5.75 Å². The normalized spacial score (nSPS) is 11.6. The third-order valence-corrected chi connectivity index (χ3v) is 5.70. The molecule has 2 rings (SSSR count). The molecule has 5 nitrogen and oxygen atoms in total. The largest absolute Gasteiger partial charge is 0.484 e. The average Bonchev–Trinajstić information content (AvgIpc) is 2.68. The number of carbonyl (C=O) groups is 2. The molecule has 1 atom stereocenters. The highest BCUT2D eigenvalue weighted by molar-refractivity contribution is 9.10. The van der Waals surface area contributed by atoms with Crippen LogP contribution in [0.3, 0.4) is 0 Å². The summed E-state index contributed by atoms with van der Waals surface area (Å²) >= 11 is 3.50. The fourth-order valence-corrected chi connectivity index (χ4v) is 3.02. The molecule has 2 aromatic rings. The second kappa shape index (κ2) is 9.68. The zero-order valence-electron chi connectivity index (χ0n) is 16.4. The van der Waals surface area contributed by atoms with Gasteiger partial charge < -0.3 is 15.0 Å². The molecule has 0 radical (unpaired) electrons. The van der Waals surface area contributed by atoms with Crippen molar-refractivity contribution in [3.8, 4) is 5.75 Å². The van der Waals surface area contributed by atoms with Crippen LogP contribution in [0.15, 0.2) is 40.9 Å². The SMILES string of the molecule is CNC(=O)[C@@H](C)N(Cc1ccc(F)cc1)C(=O)COc1cc(C)c(Br)c(C)c1. The molecule has 150 valence electrons. The minimum Gasteiger partial charge on any atom is -0.484 e. The Kier molecular flexibility index (Phi) is 7.57. The van der Waals surface area contributed by atoms with Crippen molar-refractivity contribution in [1.29, 1.82) is 0 Å². The van der Waals surface area contributed by atoms with E-state index in [0.29, 0.717) is 5.75 Å². The van der Waals surface area contributed by atoms with Crippen LogP contribution in [-0.2, 0) is 16.1 Å². The molecule has 0 spiro atoms. The number of aryl methyl sites for hydroxylation is 2. The molecule has 0 saturated carbocycles. The molecule has 28 heavy (non-hydrogen) atoms. The van der Waals surface area contributed by atoms with Crippen molar-refractivity contribution in [2.45, 2.75) is 33.4 Å². The Labute approximate surface area is 173 Å². The maximum Gasteiger partial charge on any atom is 0.261 e. The summed E-state index contributed by atoms with van der Waals surface area (Å²) in [4.78, 5) is 26.3. The maximum absolute atomic E-state index is 13.2. The molecule has 0 aliphatic heterocycles. The summed E-state index contributed by atoms with van der Waals surface area (Å²) in [6.45, 7) is 5.51. The van der Waals surface area contributed by atoms with Crippen LogP contribution >= 0.6 is 15.9 Å². The van der Waals surface area contributed by atoms with Crippen LogP contribution in [0.2, 0.25) is 0 Å². The second-order valence-corrected chi connectivity index (χ2v) is 7.39. The molecule has 2 amide bonds. The first-order chi connectivity index (χ1) is 13.2. The number of rotatable bonds is 7. The molecule has 0 fully saturated rings. The molecule has 2 aromatic carbocycles. The van der Waals surface area contributed by atoms with E-state index < -0.39 is 6.04 Å². The molecule has 0 saturated heterocycles. The molecular formula is C21H24BrFN2O3. The van der Waals surface area contributed by atoms with E-state index in [1.807, 2.05) is 26.0 Å². The first kappa shape index (κ1) is 21.9. The Balaban J connectivity index is 2.16. The van der Waals surface area contributed by atoms with Gasteiger partial charge in [-0.2, -0.15) is 0 Å². The lowest BCUT2D eigenvalue weighted by atomic mass is 10.1. The van der Waals surface area contributed by atoms with Crippen molar-refractivity contribution >= 4 is 27.7 Å². The van der Waals surface area contributed by atoms with E-state index >= 15 is 0 Å². The minimum atomic E-state index is -0.695. The van der Waals surface area contributed by atoms with Gasteiger partial charge in [-0.25, -0.2) is 4.39 Å². The van der Waals surface area contributed by atoms with E-state index in [1.54, 1.807) is 19.1 Å². The van der Waals surface area contributed by atoms with Crippen molar-refractivity contribution in [2.24, 2.45) is 0 Å². The van der Waals surface area contributed by atoms with Crippen molar-refractivity contribution in [3.63, 3.8) is 0 Å². The quantitative estimate of drug-likeness (QED) is 0.698. The Bertz CT molecular complexity index is 832. The summed E-state index contributed by atoms with van der Waals surface area (Å²) in [5.41, 5.74) is 2.73. The van der Waals surface area contributed by atoms with Crippen LogP contribution in [0, 0.1) is 19.7 Å². The zero-order chi connectivity index (χ0) is 20.8. The summed E-state index contributed by atoms with van der Waals surface area (Å²) in [7, 11) is 1.52.